The lowest BCUT2D eigenvalue weighted by Crippen LogP contribution is -2.60. The summed E-state index contributed by atoms with van der Waals surface area (Å²) in [4.78, 5) is 27.4. The fourth-order valence-corrected chi connectivity index (χ4v) is 6.08. The van der Waals surface area contributed by atoms with Crippen molar-refractivity contribution in [1.29, 1.82) is 0 Å². The zero-order valence-electron chi connectivity index (χ0n) is 17.2. The third-order valence-electron chi connectivity index (χ3n) is 7.95. The second-order valence-corrected chi connectivity index (χ2v) is 9.94. The molecule has 0 unspecified atom stereocenters. The molecule has 2 aromatic rings. The van der Waals surface area contributed by atoms with Gasteiger partial charge in [-0.2, -0.15) is 5.10 Å². The molecule has 2 bridgehead atoms. The Bertz CT molecular complexity index is 987. The van der Waals surface area contributed by atoms with Crippen LogP contribution in [0.4, 0.5) is 4.79 Å². The number of amides is 1. The second-order valence-electron chi connectivity index (χ2n) is 9.94. The molecular weight excluding hydrogens is 378 g/mol. The van der Waals surface area contributed by atoms with Crippen LogP contribution in [0.5, 0.6) is 0 Å². The van der Waals surface area contributed by atoms with Crippen molar-refractivity contribution in [2.24, 2.45) is 11.3 Å². The number of fused-ring (bicyclic) bond motifs is 1. The van der Waals surface area contributed by atoms with Gasteiger partial charge in [0, 0.05) is 25.1 Å². The molecule has 1 saturated heterocycles. The molecule has 3 saturated carbocycles. The van der Waals surface area contributed by atoms with Gasteiger partial charge >= 0.3 is 6.09 Å². The number of carbonyl (C=O) groups is 2. The highest BCUT2D eigenvalue weighted by molar-refractivity contribution is 5.97. The van der Waals surface area contributed by atoms with Gasteiger partial charge in [-0.1, -0.05) is 30.3 Å². The van der Waals surface area contributed by atoms with Gasteiger partial charge in [0.2, 0.25) is 0 Å². The number of likely N-dealkylation sites (tertiary alicyclic amines) is 1. The van der Waals surface area contributed by atoms with E-state index in [4.69, 9.17) is 4.74 Å². The maximum Gasteiger partial charge on any atom is 0.410 e. The van der Waals surface area contributed by atoms with Crippen LogP contribution < -0.4 is 0 Å². The number of ether oxygens (including phenoxy) is 1. The van der Waals surface area contributed by atoms with Crippen LogP contribution in [-0.2, 0) is 23.3 Å². The summed E-state index contributed by atoms with van der Waals surface area (Å²) in [5, 5.41) is 4.67. The first kappa shape index (κ1) is 18.2. The van der Waals surface area contributed by atoms with E-state index in [2.05, 4.69) is 9.78 Å². The van der Waals surface area contributed by atoms with Crippen molar-refractivity contribution < 1.29 is 14.3 Å². The molecule has 1 spiro atoms. The molecule has 7 rings (SSSR count). The number of nitrogens with zero attached hydrogens (tertiary/aromatic N) is 3. The van der Waals surface area contributed by atoms with Crippen molar-refractivity contribution in [2.45, 2.75) is 57.1 Å². The van der Waals surface area contributed by atoms with Crippen LogP contribution in [0, 0.1) is 11.3 Å². The SMILES string of the molecule is O=C1CC2(CCN(C(=O)OCc3ccccc3)CC2)Cc2cnn(C34CC(C3)C4)c21. The van der Waals surface area contributed by atoms with Crippen LogP contribution in [0.1, 0.15) is 60.1 Å². The number of hydrogen-bond donors (Lipinski definition) is 0. The first-order valence-corrected chi connectivity index (χ1v) is 11.1. The Morgan fingerprint density at radius 2 is 1.83 bits per heavy atom. The van der Waals surface area contributed by atoms with Gasteiger partial charge in [-0.25, -0.2) is 4.79 Å². The number of hydrogen-bond acceptors (Lipinski definition) is 4. The minimum atomic E-state index is -0.257. The molecule has 6 heteroatoms. The van der Waals surface area contributed by atoms with Crippen LogP contribution in [0.25, 0.3) is 0 Å². The highest BCUT2D eigenvalue weighted by Crippen LogP contribution is 2.62. The Labute approximate surface area is 176 Å². The van der Waals surface area contributed by atoms with E-state index in [1.807, 2.05) is 36.5 Å². The summed E-state index contributed by atoms with van der Waals surface area (Å²) >= 11 is 0. The fraction of sp³-hybridized carbons (Fsp3) is 0.542. The van der Waals surface area contributed by atoms with Gasteiger partial charge in [0.1, 0.15) is 12.3 Å². The zero-order valence-corrected chi connectivity index (χ0v) is 17.2. The minimum absolute atomic E-state index is 0.0341. The third kappa shape index (κ3) is 2.72. The van der Waals surface area contributed by atoms with Gasteiger partial charge in [0.15, 0.2) is 5.78 Å². The summed E-state index contributed by atoms with van der Waals surface area (Å²) in [5.41, 5.74) is 3.11. The van der Waals surface area contributed by atoms with Gasteiger partial charge in [-0.15, -0.1) is 0 Å². The van der Waals surface area contributed by atoms with Gasteiger partial charge < -0.3 is 9.64 Å². The van der Waals surface area contributed by atoms with Crippen LogP contribution in [-0.4, -0.2) is 39.6 Å². The largest absolute Gasteiger partial charge is 0.445 e. The van der Waals surface area contributed by atoms with Crippen LogP contribution >= 0.6 is 0 Å². The number of aromatic nitrogens is 2. The molecule has 30 heavy (non-hydrogen) atoms. The summed E-state index contributed by atoms with van der Waals surface area (Å²) in [6.45, 7) is 1.59. The number of piperidine rings is 1. The quantitative estimate of drug-likeness (QED) is 0.776. The van der Waals surface area contributed by atoms with Gasteiger partial charge in [0.05, 0.1) is 11.7 Å². The Morgan fingerprint density at radius 3 is 2.50 bits per heavy atom. The summed E-state index contributed by atoms with van der Waals surface area (Å²) in [6.07, 6.45) is 8.44. The molecule has 1 aromatic carbocycles. The molecule has 1 aliphatic heterocycles. The van der Waals surface area contributed by atoms with Gasteiger partial charge in [-0.05, 0) is 55.4 Å². The highest BCUT2D eigenvalue weighted by Gasteiger charge is 2.60. The maximum atomic E-state index is 13.2. The Balaban J connectivity index is 1.10. The molecule has 2 heterocycles. The molecule has 5 aliphatic rings. The van der Waals surface area contributed by atoms with Crippen molar-refractivity contribution in [2.75, 3.05) is 13.1 Å². The van der Waals surface area contributed by atoms with E-state index < -0.39 is 0 Å². The average molecular weight is 405 g/mol. The monoisotopic (exact) mass is 405 g/mol. The zero-order chi connectivity index (χ0) is 20.3. The topological polar surface area (TPSA) is 64.4 Å². The van der Waals surface area contributed by atoms with Crippen molar-refractivity contribution >= 4 is 11.9 Å². The standard InChI is InChI=1S/C24H27N3O3/c28-20-14-23(13-19-15-25-27(21(19)20)24-10-18(11-24)12-24)6-8-26(9-7-23)22(29)30-16-17-4-2-1-3-5-17/h1-5,15,18H,6-14,16H2. The normalized spacial score (nSPS) is 28.5. The molecule has 156 valence electrons. The highest BCUT2D eigenvalue weighted by atomic mass is 16.6. The lowest BCUT2D eigenvalue weighted by molar-refractivity contribution is -0.0990. The smallest absolute Gasteiger partial charge is 0.410 e. The Kier molecular flexibility index (Phi) is 3.89. The molecule has 0 radical (unpaired) electrons. The third-order valence-corrected chi connectivity index (χ3v) is 7.95. The van der Waals surface area contributed by atoms with Crippen LogP contribution in [0.3, 0.4) is 0 Å². The summed E-state index contributed by atoms with van der Waals surface area (Å²) < 4.78 is 7.57. The van der Waals surface area contributed by atoms with E-state index in [1.165, 1.54) is 19.3 Å². The lowest BCUT2D eigenvalue weighted by Gasteiger charge is -2.61. The predicted molar refractivity (Wildman–Crippen MR) is 110 cm³/mol. The first-order valence-electron chi connectivity index (χ1n) is 11.1. The van der Waals surface area contributed by atoms with Crippen molar-refractivity contribution in [3.8, 4) is 0 Å². The molecule has 1 amide bonds. The molecule has 4 fully saturated rings. The summed E-state index contributed by atoms with van der Waals surface area (Å²) in [5.74, 6) is 1.11. The van der Waals surface area contributed by atoms with E-state index in [9.17, 15) is 9.59 Å². The number of rotatable bonds is 3. The molecule has 4 aliphatic carbocycles. The van der Waals surface area contributed by atoms with E-state index in [0.717, 1.165) is 42.0 Å². The average Bonchev–Trinajstić information content (AvgIpc) is 3.09. The van der Waals surface area contributed by atoms with E-state index in [-0.39, 0.29) is 22.8 Å². The second kappa shape index (κ2) is 6.43. The molecule has 6 nitrogen and oxygen atoms in total. The number of carbonyl (C=O) groups excluding carboxylic acids is 2. The maximum absolute atomic E-state index is 13.2. The van der Waals surface area contributed by atoms with Crippen molar-refractivity contribution in [3.05, 3.63) is 53.3 Å². The van der Waals surface area contributed by atoms with Crippen molar-refractivity contribution in [1.82, 2.24) is 14.7 Å². The van der Waals surface area contributed by atoms with Gasteiger partial charge in [-0.3, -0.25) is 9.48 Å². The van der Waals surface area contributed by atoms with Crippen LogP contribution in [0.2, 0.25) is 0 Å². The fourth-order valence-electron chi connectivity index (χ4n) is 6.08. The van der Waals surface area contributed by atoms with E-state index in [0.29, 0.717) is 26.1 Å². The van der Waals surface area contributed by atoms with Crippen molar-refractivity contribution in [3.63, 3.8) is 0 Å². The summed E-state index contributed by atoms with van der Waals surface area (Å²) in [7, 11) is 0. The molecule has 0 N–H and O–H groups in total. The number of Topliss-reactive ketones (excluding diaryl/α,β-unsaturated/α-hetero) is 1. The minimum Gasteiger partial charge on any atom is -0.445 e. The first-order chi connectivity index (χ1) is 14.6. The summed E-state index contributed by atoms with van der Waals surface area (Å²) in [6, 6.07) is 9.74. The van der Waals surface area contributed by atoms with Crippen LogP contribution in [0.15, 0.2) is 36.5 Å². The predicted octanol–water partition coefficient (Wildman–Crippen LogP) is 3.94. The Morgan fingerprint density at radius 1 is 1.10 bits per heavy atom. The lowest BCUT2D eigenvalue weighted by atomic mass is 9.50. The van der Waals surface area contributed by atoms with E-state index in [1.54, 1.807) is 4.90 Å². The van der Waals surface area contributed by atoms with Gasteiger partial charge in [0.25, 0.3) is 0 Å². The Hall–Kier alpha value is -2.63. The number of ketones is 1. The molecule has 0 atom stereocenters. The number of benzene rings is 1. The molecular formula is C24H27N3O3. The van der Waals surface area contributed by atoms with E-state index >= 15 is 0 Å². The molecule has 1 aromatic heterocycles.